The summed E-state index contributed by atoms with van der Waals surface area (Å²) in [5, 5.41) is 4.66. The van der Waals surface area contributed by atoms with Gasteiger partial charge in [-0.2, -0.15) is 0 Å². The van der Waals surface area contributed by atoms with Crippen molar-refractivity contribution in [3.05, 3.63) is 51.6 Å². The SMILES string of the molecule is CCCCn1c(SCC(=O)Nc2ccc(F)cc2F)nc2ccsc2c1=O. The van der Waals surface area contributed by atoms with Crippen molar-refractivity contribution >= 4 is 44.9 Å². The Morgan fingerprint density at radius 2 is 2.15 bits per heavy atom. The van der Waals surface area contributed by atoms with Gasteiger partial charge in [-0.15, -0.1) is 11.3 Å². The number of benzene rings is 1. The van der Waals surface area contributed by atoms with Crippen LogP contribution in [0.25, 0.3) is 10.2 Å². The van der Waals surface area contributed by atoms with Crippen LogP contribution in [0.2, 0.25) is 0 Å². The summed E-state index contributed by atoms with van der Waals surface area (Å²) in [5.74, 6) is -2.07. The van der Waals surface area contributed by atoms with E-state index in [1.54, 1.807) is 10.6 Å². The van der Waals surface area contributed by atoms with Gasteiger partial charge in [-0.3, -0.25) is 14.2 Å². The zero-order valence-corrected chi connectivity index (χ0v) is 16.1. The van der Waals surface area contributed by atoms with E-state index in [0.717, 1.165) is 30.7 Å². The van der Waals surface area contributed by atoms with E-state index in [4.69, 9.17) is 0 Å². The van der Waals surface area contributed by atoms with Gasteiger partial charge in [-0.1, -0.05) is 25.1 Å². The Morgan fingerprint density at radius 3 is 2.89 bits per heavy atom. The van der Waals surface area contributed by atoms with Gasteiger partial charge in [0.1, 0.15) is 16.3 Å². The predicted octanol–water partition coefficient (Wildman–Crippen LogP) is 4.27. The number of halogens is 2. The minimum absolute atomic E-state index is 0.0506. The molecule has 0 bridgehead atoms. The zero-order valence-electron chi connectivity index (χ0n) is 14.5. The third-order valence-electron chi connectivity index (χ3n) is 3.80. The van der Waals surface area contributed by atoms with Gasteiger partial charge in [0.2, 0.25) is 5.91 Å². The lowest BCUT2D eigenvalue weighted by molar-refractivity contribution is -0.113. The van der Waals surface area contributed by atoms with Crippen molar-refractivity contribution in [2.75, 3.05) is 11.1 Å². The first-order valence-electron chi connectivity index (χ1n) is 8.35. The number of aromatic nitrogens is 2. The fourth-order valence-corrected chi connectivity index (χ4v) is 4.06. The first-order chi connectivity index (χ1) is 13.0. The molecule has 0 radical (unpaired) electrons. The molecule has 142 valence electrons. The molecule has 5 nitrogen and oxygen atoms in total. The van der Waals surface area contributed by atoms with Crippen LogP contribution in [0.1, 0.15) is 19.8 Å². The van der Waals surface area contributed by atoms with Gasteiger partial charge < -0.3 is 5.32 Å². The minimum atomic E-state index is -0.842. The largest absolute Gasteiger partial charge is 0.323 e. The van der Waals surface area contributed by atoms with E-state index in [-0.39, 0.29) is 17.0 Å². The van der Waals surface area contributed by atoms with E-state index >= 15 is 0 Å². The number of nitrogens with zero attached hydrogens (tertiary/aromatic N) is 2. The molecule has 27 heavy (non-hydrogen) atoms. The Hall–Kier alpha value is -2.26. The third-order valence-corrected chi connectivity index (χ3v) is 5.67. The second-order valence-corrected chi connectivity index (χ2v) is 7.66. The highest BCUT2D eigenvalue weighted by atomic mass is 32.2. The van der Waals surface area contributed by atoms with Gasteiger partial charge in [-0.25, -0.2) is 13.8 Å². The molecule has 1 aromatic carbocycles. The van der Waals surface area contributed by atoms with Crippen LogP contribution in [0.3, 0.4) is 0 Å². The molecule has 0 atom stereocenters. The van der Waals surface area contributed by atoms with Crippen molar-refractivity contribution in [1.29, 1.82) is 0 Å². The molecule has 0 fully saturated rings. The Kier molecular flexibility index (Phi) is 6.22. The summed E-state index contributed by atoms with van der Waals surface area (Å²) in [6, 6.07) is 4.71. The molecular formula is C18H17F2N3O2S2. The molecule has 0 aliphatic heterocycles. The molecule has 3 rings (SSSR count). The summed E-state index contributed by atoms with van der Waals surface area (Å²) in [4.78, 5) is 29.3. The number of rotatable bonds is 7. The summed E-state index contributed by atoms with van der Waals surface area (Å²) in [6.45, 7) is 2.55. The predicted molar refractivity (Wildman–Crippen MR) is 104 cm³/mol. The number of hydrogen-bond donors (Lipinski definition) is 1. The quantitative estimate of drug-likeness (QED) is 0.468. The number of thioether (sulfide) groups is 1. The maximum atomic E-state index is 13.7. The molecule has 0 aliphatic rings. The summed E-state index contributed by atoms with van der Waals surface area (Å²) in [7, 11) is 0. The molecule has 0 aliphatic carbocycles. The Balaban J connectivity index is 1.77. The van der Waals surface area contributed by atoms with Crippen LogP contribution in [0.5, 0.6) is 0 Å². The number of thiophene rings is 1. The normalized spacial score (nSPS) is 11.1. The summed E-state index contributed by atoms with van der Waals surface area (Å²) in [5.41, 5.74) is 0.396. The Morgan fingerprint density at radius 1 is 1.33 bits per heavy atom. The number of carbonyl (C=O) groups is 1. The van der Waals surface area contributed by atoms with Crippen LogP contribution < -0.4 is 10.9 Å². The van der Waals surface area contributed by atoms with E-state index in [1.165, 1.54) is 17.4 Å². The topological polar surface area (TPSA) is 64.0 Å². The van der Waals surface area contributed by atoms with Crippen molar-refractivity contribution in [1.82, 2.24) is 9.55 Å². The molecule has 2 aromatic heterocycles. The van der Waals surface area contributed by atoms with E-state index < -0.39 is 17.5 Å². The molecule has 2 heterocycles. The molecule has 0 saturated carbocycles. The van der Waals surface area contributed by atoms with Crippen LogP contribution in [0.15, 0.2) is 39.6 Å². The fourth-order valence-electron chi connectivity index (χ4n) is 2.45. The molecule has 9 heteroatoms. The fraction of sp³-hybridized carbons (Fsp3) is 0.278. The first kappa shape index (κ1) is 19.5. The minimum Gasteiger partial charge on any atom is -0.323 e. The van der Waals surface area contributed by atoms with E-state index in [1.807, 2.05) is 12.3 Å². The second-order valence-electron chi connectivity index (χ2n) is 5.80. The van der Waals surface area contributed by atoms with Gasteiger partial charge in [0, 0.05) is 12.6 Å². The molecule has 1 amide bonds. The van der Waals surface area contributed by atoms with Crippen molar-refractivity contribution in [2.24, 2.45) is 0 Å². The van der Waals surface area contributed by atoms with Crippen molar-refractivity contribution in [2.45, 2.75) is 31.5 Å². The number of amides is 1. The van der Waals surface area contributed by atoms with Gasteiger partial charge in [0.25, 0.3) is 5.56 Å². The van der Waals surface area contributed by atoms with Crippen LogP contribution in [-0.2, 0) is 11.3 Å². The van der Waals surface area contributed by atoms with Crippen LogP contribution in [0.4, 0.5) is 14.5 Å². The lowest BCUT2D eigenvalue weighted by Crippen LogP contribution is -2.23. The van der Waals surface area contributed by atoms with E-state index in [2.05, 4.69) is 10.3 Å². The average Bonchev–Trinajstić information content (AvgIpc) is 3.10. The number of fused-ring (bicyclic) bond motifs is 1. The molecule has 3 aromatic rings. The highest BCUT2D eigenvalue weighted by Gasteiger charge is 2.15. The monoisotopic (exact) mass is 409 g/mol. The summed E-state index contributed by atoms with van der Waals surface area (Å²) in [6.07, 6.45) is 1.74. The lowest BCUT2D eigenvalue weighted by atomic mass is 10.3. The van der Waals surface area contributed by atoms with E-state index in [0.29, 0.717) is 28.0 Å². The lowest BCUT2D eigenvalue weighted by Gasteiger charge is -2.11. The number of anilines is 1. The van der Waals surface area contributed by atoms with E-state index in [9.17, 15) is 18.4 Å². The van der Waals surface area contributed by atoms with Gasteiger partial charge in [0.15, 0.2) is 5.16 Å². The van der Waals surface area contributed by atoms with Gasteiger partial charge >= 0.3 is 0 Å². The number of nitrogens with one attached hydrogen (secondary N) is 1. The molecule has 0 unspecified atom stereocenters. The van der Waals surface area contributed by atoms with Gasteiger partial charge in [-0.05, 0) is 30.0 Å². The maximum Gasteiger partial charge on any atom is 0.272 e. The maximum absolute atomic E-state index is 13.7. The first-order valence-corrected chi connectivity index (χ1v) is 10.2. The van der Waals surface area contributed by atoms with Gasteiger partial charge in [0.05, 0.1) is 17.0 Å². The van der Waals surface area contributed by atoms with Crippen LogP contribution in [0, 0.1) is 11.6 Å². The molecule has 0 spiro atoms. The van der Waals surface area contributed by atoms with Crippen LogP contribution >= 0.6 is 23.1 Å². The van der Waals surface area contributed by atoms with Crippen molar-refractivity contribution in [3.63, 3.8) is 0 Å². The molecule has 0 saturated heterocycles. The molecule has 1 N–H and O–H groups in total. The third kappa shape index (κ3) is 4.54. The van der Waals surface area contributed by atoms with Crippen molar-refractivity contribution < 1.29 is 13.6 Å². The number of carbonyl (C=O) groups excluding carboxylic acids is 1. The zero-order chi connectivity index (χ0) is 19.4. The smallest absolute Gasteiger partial charge is 0.272 e. The second kappa shape index (κ2) is 8.62. The standard InChI is InChI=1S/C18H17F2N3O2S2/c1-2-3-7-23-17(25)16-14(6-8-26-16)22-18(23)27-10-15(24)21-13-5-4-11(19)9-12(13)20/h4-6,8-9H,2-3,7,10H2,1H3,(H,21,24). The average molecular weight is 409 g/mol. The Bertz CT molecular complexity index is 1030. The Labute approximate surface area is 162 Å². The summed E-state index contributed by atoms with van der Waals surface area (Å²) < 4.78 is 28.8. The summed E-state index contributed by atoms with van der Waals surface area (Å²) >= 11 is 2.46. The highest BCUT2D eigenvalue weighted by molar-refractivity contribution is 7.99. The molecular weight excluding hydrogens is 392 g/mol. The van der Waals surface area contributed by atoms with Crippen molar-refractivity contribution in [3.8, 4) is 0 Å². The highest BCUT2D eigenvalue weighted by Crippen LogP contribution is 2.22. The number of unbranched alkanes of at least 4 members (excludes halogenated alkanes) is 1. The van der Waals surface area contributed by atoms with Crippen LogP contribution in [-0.4, -0.2) is 21.2 Å². The number of hydrogen-bond acceptors (Lipinski definition) is 5.